The lowest BCUT2D eigenvalue weighted by atomic mass is 10.00. The van der Waals surface area contributed by atoms with E-state index in [1.807, 2.05) is 30.9 Å². The summed E-state index contributed by atoms with van der Waals surface area (Å²) in [5.41, 5.74) is 3.33. The molecule has 4 heteroatoms. The SMILES string of the molecule is CCCN(CC1CC(c2ccccc2C)=NO1)C(=O)C(C)C. The van der Waals surface area contributed by atoms with Crippen LogP contribution < -0.4 is 0 Å². The van der Waals surface area contributed by atoms with E-state index in [0.29, 0.717) is 6.54 Å². The number of carbonyl (C=O) groups is 1. The number of amides is 1. The molecule has 2 rings (SSSR count). The number of nitrogens with zero attached hydrogens (tertiary/aromatic N) is 2. The standard InChI is InChI=1S/C18H26N2O2/c1-5-10-20(18(21)13(2)3)12-15-11-17(19-22-15)16-9-7-6-8-14(16)4/h6-9,13,15H,5,10-12H2,1-4H3. The Morgan fingerprint density at radius 3 is 2.77 bits per heavy atom. The van der Waals surface area contributed by atoms with Crippen LogP contribution >= 0.6 is 0 Å². The van der Waals surface area contributed by atoms with E-state index in [2.05, 4.69) is 31.1 Å². The van der Waals surface area contributed by atoms with Gasteiger partial charge < -0.3 is 9.74 Å². The van der Waals surface area contributed by atoms with Gasteiger partial charge in [0, 0.05) is 24.4 Å². The Balaban J connectivity index is 1.99. The van der Waals surface area contributed by atoms with Crippen LogP contribution in [0.3, 0.4) is 0 Å². The highest BCUT2D eigenvalue weighted by molar-refractivity contribution is 6.02. The fraction of sp³-hybridized carbons (Fsp3) is 0.556. The van der Waals surface area contributed by atoms with Gasteiger partial charge in [-0.15, -0.1) is 0 Å². The third-order valence-corrected chi connectivity index (χ3v) is 3.91. The third kappa shape index (κ3) is 3.87. The average Bonchev–Trinajstić information content (AvgIpc) is 2.94. The Kier molecular flexibility index (Phi) is 5.58. The van der Waals surface area contributed by atoms with E-state index in [4.69, 9.17) is 4.84 Å². The largest absolute Gasteiger partial charge is 0.390 e. The molecule has 1 amide bonds. The molecule has 0 radical (unpaired) electrons. The first-order chi connectivity index (χ1) is 10.5. The van der Waals surface area contributed by atoms with Gasteiger partial charge in [-0.1, -0.05) is 50.2 Å². The van der Waals surface area contributed by atoms with E-state index in [1.54, 1.807) is 0 Å². The third-order valence-electron chi connectivity index (χ3n) is 3.91. The summed E-state index contributed by atoms with van der Waals surface area (Å²) in [5.74, 6) is 0.208. The van der Waals surface area contributed by atoms with Gasteiger partial charge in [-0.25, -0.2) is 0 Å². The molecule has 0 aliphatic carbocycles. The molecule has 0 saturated heterocycles. The van der Waals surface area contributed by atoms with Crippen molar-refractivity contribution in [2.24, 2.45) is 11.1 Å². The number of carbonyl (C=O) groups excluding carboxylic acids is 1. The Morgan fingerprint density at radius 1 is 1.41 bits per heavy atom. The van der Waals surface area contributed by atoms with Gasteiger partial charge in [0.05, 0.1) is 12.3 Å². The zero-order valence-electron chi connectivity index (χ0n) is 14.0. The monoisotopic (exact) mass is 302 g/mol. The van der Waals surface area contributed by atoms with Crippen molar-refractivity contribution in [1.82, 2.24) is 4.90 Å². The lowest BCUT2D eigenvalue weighted by molar-refractivity contribution is -0.136. The predicted molar refractivity (Wildman–Crippen MR) is 88.9 cm³/mol. The van der Waals surface area contributed by atoms with Gasteiger partial charge in [-0.3, -0.25) is 4.79 Å². The second-order valence-electron chi connectivity index (χ2n) is 6.22. The van der Waals surface area contributed by atoms with Crippen molar-refractivity contribution in [3.8, 4) is 0 Å². The first kappa shape index (κ1) is 16.5. The van der Waals surface area contributed by atoms with Crippen molar-refractivity contribution in [3.63, 3.8) is 0 Å². The Bertz CT molecular complexity index is 552. The molecule has 4 nitrogen and oxygen atoms in total. The van der Waals surface area contributed by atoms with Crippen LogP contribution in [-0.2, 0) is 9.63 Å². The molecule has 1 aromatic rings. The van der Waals surface area contributed by atoms with Gasteiger partial charge in [-0.2, -0.15) is 0 Å². The quantitative estimate of drug-likeness (QED) is 0.808. The van der Waals surface area contributed by atoms with Gasteiger partial charge in [-0.05, 0) is 18.9 Å². The van der Waals surface area contributed by atoms with Crippen LogP contribution in [0.15, 0.2) is 29.4 Å². The van der Waals surface area contributed by atoms with E-state index < -0.39 is 0 Å². The van der Waals surface area contributed by atoms with Crippen molar-refractivity contribution in [2.45, 2.75) is 46.6 Å². The fourth-order valence-corrected chi connectivity index (χ4v) is 2.75. The van der Waals surface area contributed by atoms with Crippen molar-refractivity contribution in [2.75, 3.05) is 13.1 Å². The summed E-state index contributed by atoms with van der Waals surface area (Å²) in [4.78, 5) is 19.7. The number of rotatable bonds is 6. The van der Waals surface area contributed by atoms with E-state index in [9.17, 15) is 4.79 Å². The minimum atomic E-state index is -0.0381. The minimum absolute atomic E-state index is 0.0182. The van der Waals surface area contributed by atoms with Gasteiger partial charge in [0.15, 0.2) is 6.10 Å². The van der Waals surface area contributed by atoms with Crippen molar-refractivity contribution < 1.29 is 9.63 Å². The molecule has 0 fully saturated rings. The second-order valence-corrected chi connectivity index (χ2v) is 6.22. The predicted octanol–water partition coefficient (Wildman–Crippen LogP) is 3.38. The normalized spacial score (nSPS) is 17.3. The van der Waals surface area contributed by atoms with E-state index >= 15 is 0 Å². The van der Waals surface area contributed by atoms with Gasteiger partial charge in [0.25, 0.3) is 0 Å². The highest BCUT2D eigenvalue weighted by Gasteiger charge is 2.27. The molecular formula is C18H26N2O2. The van der Waals surface area contributed by atoms with E-state index in [-0.39, 0.29) is 17.9 Å². The molecule has 0 N–H and O–H groups in total. The Morgan fingerprint density at radius 2 is 2.14 bits per heavy atom. The zero-order chi connectivity index (χ0) is 16.1. The number of hydrogen-bond donors (Lipinski definition) is 0. The summed E-state index contributed by atoms with van der Waals surface area (Å²) in [6.07, 6.45) is 1.68. The molecular weight excluding hydrogens is 276 g/mol. The van der Waals surface area contributed by atoms with Crippen molar-refractivity contribution in [3.05, 3.63) is 35.4 Å². The number of aryl methyl sites for hydroxylation is 1. The van der Waals surface area contributed by atoms with Crippen LogP contribution in [0, 0.1) is 12.8 Å². The van der Waals surface area contributed by atoms with Crippen LogP contribution in [0.1, 0.15) is 44.7 Å². The summed E-state index contributed by atoms with van der Waals surface area (Å²) in [6, 6.07) is 8.20. The zero-order valence-corrected chi connectivity index (χ0v) is 14.0. The fourth-order valence-electron chi connectivity index (χ4n) is 2.75. The first-order valence-electron chi connectivity index (χ1n) is 8.10. The Hall–Kier alpha value is -1.84. The van der Waals surface area contributed by atoms with Gasteiger partial charge >= 0.3 is 0 Å². The molecule has 0 aromatic heterocycles. The van der Waals surface area contributed by atoms with Gasteiger partial charge in [0.2, 0.25) is 5.91 Å². The maximum atomic E-state index is 12.3. The summed E-state index contributed by atoms with van der Waals surface area (Å²) in [7, 11) is 0. The van der Waals surface area contributed by atoms with Gasteiger partial charge in [0.1, 0.15) is 0 Å². The first-order valence-corrected chi connectivity index (χ1v) is 8.10. The van der Waals surface area contributed by atoms with Crippen molar-refractivity contribution >= 4 is 11.6 Å². The lowest BCUT2D eigenvalue weighted by Gasteiger charge is -2.26. The smallest absolute Gasteiger partial charge is 0.225 e. The molecule has 1 aromatic carbocycles. The molecule has 0 spiro atoms. The molecule has 1 aliphatic heterocycles. The van der Waals surface area contributed by atoms with Crippen LogP contribution in [0.25, 0.3) is 0 Å². The highest BCUT2D eigenvalue weighted by atomic mass is 16.6. The van der Waals surface area contributed by atoms with Crippen LogP contribution in [0.4, 0.5) is 0 Å². The average molecular weight is 302 g/mol. The second kappa shape index (κ2) is 7.43. The van der Waals surface area contributed by atoms with Crippen LogP contribution in [0.5, 0.6) is 0 Å². The molecule has 1 atom stereocenters. The maximum Gasteiger partial charge on any atom is 0.225 e. The molecule has 1 heterocycles. The summed E-state index contributed by atoms with van der Waals surface area (Å²) >= 11 is 0. The Labute approximate surface area is 133 Å². The topological polar surface area (TPSA) is 41.9 Å². The summed E-state index contributed by atoms with van der Waals surface area (Å²) in [5, 5.41) is 4.24. The number of hydrogen-bond acceptors (Lipinski definition) is 3. The molecule has 1 unspecified atom stereocenters. The minimum Gasteiger partial charge on any atom is -0.390 e. The molecule has 0 saturated carbocycles. The summed E-state index contributed by atoms with van der Waals surface area (Å²) in [6.45, 7) is 9.44. The molecule has 120 valence electrons. The van der Waals surface area contributed by atoms with Crippen LogP contribution in [0.2, 0.25) is 0 Å². The maximum absolute atomic E-state index is 12.3. The molecule has 1 aliphatic rings. The molecule has 0 bridgehead atoms. The highest BCUT2D eigenvalue weighted by Crippen LogP contribution is 2.20. The van der Waals surface area contributed by atoms with E-state index in [0.717, 1.165) is 30.7 Å². The summed E-state index contributed by atoms with van der Waals surface area (Å²) < 4.78 is 0. The lowest BCUT2D eigenvalue weighted by Crippen LogP contribution is -2.40. The number of oxime groups is 1. The van der Waals surface area contributed by atoms with Crippen molar-refractivity contribution in [1.29, 1.82) is 0 Å². The molecule has 22 heavy (non-hydrogen) atoms. The van der Waals surface area contributed by atoms with E-state index in [1.165, 1.54) is 5.56 Å². The number of benzene rings is 1. The van der Waals surface area contributed by atoms with Crippen LogP contribution in [-0.4, -0.2) is 35.7 Å².